The summed E-state index contributed by atoms with van der Waals surface area (Å²) in [6, 6.07) is 7.03. The standard InChI is InChI=1S/C13H19NO3S/c1-11-3-5-13(6-4-11)18(15,16)14(2)12-7-9-17-10-8-12/h3-6,12H,7-10H2,1-2H3. The van der Waals surface area contributed by atoms with Gasteiger partial charge in [0.05, 0.1) is 4.90 Å². The lowest BCUT2D eigenvalue weighted by Gasteiger charge is -2.30. The van der Waals surface area contributed by atoms with Crippen LogP contribution in [0.5, 0.6) is 0 Å². The first kappa shape index (κ1) is 13.5. The van der Waals surface area contributed by atoms with Gasteiger partial charge in [0.15, 0.2) is 0 Å². The first-order chi connectivity index (χ1) is 8.51. The number of aryl methyl sites for hydroxylation is 1. The zero-order valence-corrected chi connectivity index (χ0v) is 11.6. The molecule has 18 heavy (non-hydrogen) atoms. The number of hydrogen-bond acceptors (Lipinski definition) is 3. The third-order valence-electron chi connectivity index (χ3n) is 3.40. The van der Waals surface area contributed by atoms with Gasteiger partial charge in [-0.25, -0.2) is 8.42 Å². The summed E-state index contributed by atoms with van der Waals surface area (Å²) < 4.78 is 31.6. The van der Waals surface area contributed by atoms with Crippen molar-refractivity contribution in [3.05, 3.63) is 29.8 Å². The highest BCUT2D eigenvalue weighted by Gasteiger charge is 2.29. The van der Waals surface area contributed by atoms with Crippen LogP contribution in [0.4, 0.5) is 0 Å². The first-order valence-electron chi connectivity index (χ1n) is 6.14. The van der Waals surface area contributed by atoms with Crippen molar-refractivity contribution in [2.45, 2.75) is 30.7 Å². The van der Waals surface area contributed by atoms with Gasteiger partial charge in [-0.15, -0.1) is 0 Å². The molecule has 1 aromatic carbocycles. The van der Waals surface area contributed by atoms with Crippen molar-refractivity contribution in [2.24, 2.45) is 0 Å². The van der Waals surface area contributed by atoms with Crippen molar-refractivity contribution < 1.29 is 13.2 Å². The molecule has 0 N–H and O–H groups in total. The molecule has 0 saturated carbocycles. The summed E-state index contributed by atoms with van der Waals surface area (Å²) in [7, 11) is -1.72. The van der Waals surface area contributed by atoms with E-state index in [-0.39, 0.29) is 6.04 Å². The maximum absolute atomic E-state index is 12.4. The second-order valence-corrected chi connectivity index (χ2v) is 6.68. The Morgan fingerprint density at radius 1 is 1.17 bits per heavy atom. The Labute approximate surface area is 109 Å². The van der Waals surface area contributed by atoms with Crippen molar-refractivity contribution >= 4 is 10.0 Å². The number of ether oxygens (including phenoxy) is 1. The van der Waals surface area contributed by atoms with Crippen LogP contribution in [-0.2, 0) is 14.8 Å². The summed E-state index contributed by atoms with van der Waals surface area (Å²) in [5, 5.41) is 0. The van der Waals surface area contributed by atoms with Crippen LogP contribution in [-0.4, -0.2) is 39.0 Å². The fourth-order valence-electron chi connectivity index (χ4n) is 2.12. The molecule has 1 aliphatic rings. The fourth-order valence-corrected chi connectivity index (χ4v) is 3.54. The maximum atomic E-state index is 12.4. The Morgan fingerprint density at radius 2 is 1.72 bits per heavy atom. The van der Waals surface area contributed by atoms with E-state index in [1.807, 2.05) is 19.1 Å². The molecule has 5 heteroatoms. The predicted molar refractivity (Wildman–Crippen MR) is 70.0 cm³/mol. The van der Waals surface area contributed by atoms with Crippen LogP contribution in [0, 0.1) is 6.92 Å². The van der Waals surface area contributed by atoms with Gasteiger partial charge in [0.1, 0.15) is 0 Å². The summed E-state index contributed by atoms with van der Waals surface area (Å²) in [5.74, 6) is 0. The topological polar surface area (TPSA) is 46.6 Å². The summed E-state index contributed by atoms with van der Waals surface area (Å²) in [6.45, 7) is 3.22. The Bertz CT molecular complexity index is 489. The maximum Gasteiger partial charge on any atom is 0.243 e. The second kappa shape index (κ2) is 5.38. The SMILES string of the molecule is Cc1ccc(S(=O)(=O)N(C)C2CCOCC2)cc1. The molecule has 0 unspecified atom stereocenters. The first-order valence-corrected chi connectivity index (χ1v) is 7.58. The quantitative estimate of drug-likeness (QED) is 0.840. The second-order valence-electron chi connectivity index (χ2n) is 4.68. The van der Waals surface area contributed by atoms with E-state index in [9.17, 15) is 8.42 Å². The smallest absolute Gasteiger partial charge is 0.243 e. The van der Waals surface area contributed by atoms with Crippen LogP contribution in [0.1, 0.15) is 18.4 Å². The van der Waals surface area contributed by atoms with Crippen molar-refractivity contribution in [3.8, 4) is 0 Å². The van der Waals surface area contributed by atoms with E-state index in [0.29, 0.717) is 18.1 Å². The molecule has 1 aromatic rings. The van der Waals surface area contributed by atoms with Crippen LogP contribution in [0.3, 0.4) is 0 Å². The summed E-state index contributed by atoms with van der Waals surface area (Å²) in [4.78, 5) is 0.363. The molecule has 0 amide bonds. The van der Waals surface area contributed by atoms with E-state index < -0.39 is 10.0 Å². The van der Waals surface area contributed by atoms with Crippen molar-refractivity contribution in [3.63, 3.8) is 0 Å². The number of nitrogens with zero attached hydrogens (tertiary/aromatic N) is 1. The van der Waals surface area contributed by atoms with Crippen LogP contribution in [0.15, 0.2) is 29.2 Å². The molecule has 4 nitrogen and oxygen atoms in total. The van der Waals surface area contributed by atoms with Crippen LogP contribution in [0.2, 0.25) is 0 Å². The van der Waals surface area contributed by atoms with Gasteiger partial charge in [-0.2, -0.15) is 4.31 Å². The van der Waals surface area contributed by atoms with E-state index in [0.717, 1.165) is 18.4 Å². The number of benzene rings is 1. The van der Waals surface area contributed by atoms with Crippen LogP contribution in [0.25, 0.3) is 0 Å². The zero-order chi connectivity index (χ0) is 13.2. The molecular weight excluding hydrogens is 250 g/mol. The van der Waals surface area contributed by atoms with E-state index in [1.54, 1.807) is 19.2 Å². The molecule has 1 saturated heterocycles. The average molecular weight is 269 g/mol. The highest BCUT2D eigenvalue weighted by Crippen LogP contribution is 2.21. The van der Waals surface area contributed by atoms with Gasteiger partial charge in [-0.1, -0.05) is 17.7 Å². The third-order valence-corrected chi connectivity index (χ3v) is 5.33. The Morgan fingerprint density at radius 3 is 2.28 bits per heavy atom. The van der Waals surface area contributed by atoms with E-state index in [1.165, 1.54) is 4.31 Å². The molecule has 2 rings (SSSR count). The molecule has 100 valence electrons. The van der Waals surface area contributed by atoms with Crippen molar-refractivity contribution in [1.29, 1.82) is 0 Å². The Hall–Kier alpha value is -0.910. The van der Waals surface area contributed by atoms with E-state index >= 15 is 0 Å². The molecule has 0 atom stereocenters. The monoisotopic (exact) mass is 269 g/mol. The Kier molecular flexibility index (Phi) is 4.04. The average Bonchev–Trinajstić information content (AvgIpc) is 2.39. The molecule has 0 bridgehead atoms. The molecular formula is C13H19NO3S. The minimum absolute atomic E-state index is 0.0463. The number of rotatable bonds is 3. The van der Waals surface area contributed by atoms with Gasteiger partial charge >= 0.3 is 0 Å². The minimum Gasteiger partial charge on any atom is -0.381 e. The van der Waals surface area contributed by atoms with E-state index in [4.69, 9.17) is 4.74 Å². The van der Waals surface area contributed by atoms with Crippen molar-refractivity contribution in [2.75, 3.05) is 20.3 Å². The minimum atomic E-state index is -3.38. The van der Waals surface area contributed by atoms with Gasteiger partial charge in [0.25, 0.3) is 0 Å². The largest absolute Gasteiger partial charge is 0.381 e. The highest BCUT2D eigenvalue weighted by molar-refractivity contribution is 7.89. The van der Waals surface area contributed by atoms with Gasteiger partial charge in [0, 0.05) is 26.3 Å². The molecule has 1 fully saturated rings. The van der Waals surface area contributed by atoms with Crippen molar-refractivity contribution in [1.82, 2.24) is 4.31 Å². The summed E-state index contributed by atoms with van der Waals surface area (Å²) in [5.41, 5.74) is 1.06. The summed E-state index contributed by atoms with van der Waals surface area (Å²) in [6.07, 6.45) is 1.53. The highest BCUT2D eigenvalue weighted by atomic mass is 32.2. The van der Waals surface area contributed by atoms with Gasteiger partial charge in [-0.3, -0.25) is 0 Å². The Balaban J connectivity index is 2.21. The van der Waals surface area contributed by atoms with Crippen LogP contribution < -0.4 is 0 Å². The number of sulfonamides is 1. The van der Waals surface area contributed by atoms with Gasteiger partial charge in [0.2, 0.25) is 10.0 Å². The molecule has 1 aliphatic heterocycles. The molecule has 0 radical (unpaired) electrons. The normalized spacial score (nSPS) is 18.2. The number of hydrogen-bond donors (Lipinski definition) is 0. The lowest BCUT2D eigenvalue weighted by atomic mass is 10.1. The van der Waals surface area contributed by atoms with Gasteiger partial charge < -0.3 is 4.74 Å². The van der Waals surface area contributed by atoms with E-state index in [2.05, 4.69) is 0 Å². The lowest BCUT2D eigenvalue weighted by molar-refractivity contribution is 0.0632. The summed E-state index contributed by atoms with van der Waals surface area (Å²) >= 11 is 0. The van der Waals surface area contributed by atoms with Gasteiger partial charge in [-0.05, 0) is 31.9 Å². The fraction of sp³-hybridized carbons (Fsp3) is 0.538. The lowest BCUT2D eigenvalue weighted by Crippen LogP contribution is -2.40. The zero-order valence-electron chi connectivity index (χ0n) is 10.8. The molecule has 0 spiro atoms. The molecule has 0 aromatic heterocycles. The molecule has 1 heterocycles. The third kappa shape index (κ3) is 2.74. The molecule has 0 aliphatic carbocycles. The van der Waals surface area contributed by atoms with Crippen LogP contribution >= 0.6 is 0 Å². The predicted octanol–water partition coefficient (Wildman–Crippen LogP) is 1.79.